The molecular formula is C5H4F2O2. The number of rotatable bonds is 0. The molecule has 0 bridgehead atoms. The van der Waals surface area contributed by atoms with Gasteiger partial charge in [-0.3, -0.25) is 0 Å². The van der Waals surface area contributed by atoms with Crippen molar-refractivity contribution in [3.8, 4) is 0 Å². The molecule has 0 radical (unpaired) electrons. The fraction of sp³-hybridized carbons (Fsp3) is 0.200. The van der Waals surface area contributed by atoms with Gasteiger partial charge in [0.15, 0.2) is 11.5 Å². The minimum absolute atomic E-state index is 0.222. The third-order valence-electron chi connectivity index (χ3n) is 0.795. The molecule has 0 atom stereocenters. The Bertz CT molecular complexity index is 156. The van der Waals surface area contributed by atoms with Gasteiger partial charge in [0, 0.05) is 0 Å². The molecule has 0 aromatic carbocycles. The van der Waals surface area contributed by atoms with Gasteiger partial charge in [-0.2, -0.15) is 0 Å². The van der Waals surface area contributed by atoms with E-state index in [0.717, 1.165) is 0 Å². The minimum atomic E-state index is -3.56. The van der Waals surface area contributed by atoms with Gasteiger partial charge in [-0.25, -0.2) is 0 Å². The summed E-state index contributed by atoms with van der Waals surface area (Å²) in [6, 6.07) is 0. The third-order valence-corrected chi connectivity index (χ3v) is 0.795. The van der Waals surface area contributed by atoms with Crippen LogP contribution < -0.4 is 0 Å². The lowest BCUT2D eigenvalue weighted by atomic mass is 10.5. The first-order valence-corrected chi connectivity index (χ1v) is 2.15. The number of hydrogen-bond donors (Lipinski definition) is 0. The Morgan fingerprint density at radius 1 is 1.11 bits per heavy atom. The molecule has 1 heterocycles. The van der Waals surface area contributed by atoms with E-state index < -0.39 is 6.29 Å². The second-order valence-electron chi connectivity index (χ2n) is 1.51. The molecule has 0 aliphatic carbocycles. The van der Waals surface area contributed by atoms with Crippen LogP contribution in [0.25, 0.3) is 0 Å². The summed E-state index contributed by atoms with van der Waals surface area (Å²) in [6.45, 7) is 6.21. The van der Waals surface area contributed by atoms with Crippen LogP contribution in [0.15, 0.2) is 24.7 Å². The molecule has 50 valence electrons. The summed E-state index contributed by atoms with van der Waals surface area (Å²) in [5.74, 6) is -0.444. The molecule has 2 nitrogen and oxygen atoms in total. The van der Waals surface area contributed by atoms with E-state index in [9.17, 15) is 8.78 Å². The Morgan fingerprint density at radius 2 is 1.44 bits per heavy atom. The van der Waals surface area contributed by atoms with Crippen LogP contribution in [-0.2, 0) is 9.47 Å². The Balaban J connectivity index is 2.76. The monoisotopic (exact) mass is 134 g/mol. The molecule has 0 aromatic heterocycles. The van der Waals surface area contributed by atoms with E-state index in [1.807, 2.05) is 0 Å². The fourth-order valence-electron chi connectivity index (χ4n) is 0.422. The molecule has 1 aliphatic rings. The van der Waals surface area contributed by atoms with E-state index in [1.165, 1.54) is 0 Å². The molecule has 1 saturated heterocycles. The van der Waals surface area contributed by atoms with Gasteiger partial charge in [0.05, 0.1) is 0 Å². The number of alkyl halides is 2. The van der Waals surface area contributed by atoms with E-state index in [-0.39, 0.29) is 11.5 Å². The summed E-state index contributed by atoms with van der Waals surface area (Å²) < 4.78 is 31.4. The smallest absolute Gasteiger partial charge is 0.396 e. The molecule has 1 aliphatic heterocycles. The maximum absolute atomic E-state index is 11.9. The van der Waals surface area contributed by atoms with Gasteiger partial charge in [0.2, 0.25) is 0 Å². The zero-order valence-corrected chi connectivity index (χ0v) is 4.49. The highest BCUT2D eigenvalue weighted by Gasteiger charge is 2.43. The van der Waals surface area contributed by atoms with Crippen molar-refractivity contribution in [2.75, 3.05) is 0 Å². The van der Waals surface area contributed by atoms with Crippen LogP contribution in [0.2, 0.25) is 0 Å². The molecule has 0 spiro atoms. The Hall–Kier alpha value is -1.06. The van der Waals surface area contributed by atoms with Gasteiger partial charge in [0.25, 0.3) is 0 Å². The van der Waals surface area contributed by atoms with Crippen molar-refractivity contribution < 1.29 is 18.3 Å². The van der Waals surface area contributed by atoms with Gasteiger partial charge >= 0.3 is 6.29 Å². The van der Waals surface area contributed by atoms with Crippen molar-refractivity contribution in [2.24, 2.45) is 0 Å². The molecule has 0 N–H and O–H groups in total. The zero-order chi connectivity index (χ0) is 7.07. The van der Waals surface area contributed by atoms with Crippen molar-refractivity contribution in [1.29, 1.82) is 0 Å². The van der Waals surface area contributed by atoms with Crippen molar-refractivity contribution in [3.05, 3.63) is 24.7 Å². The summed E-state index contributed by atoms with van der Waals surface area (Å²) >= 11 is 0. The van der Waals surface area contributed by atoms with Crippen molar-refractivity contribution in [1.82, 2.24) is 0 Å². The van der Waals surface area contributed by atoms with E-state index in [2.05, 4.69) is 22.6 Å². The van der Waals surface area contributed by atoms with Crippen molar-refractivity contribution >= 4 is 0 Å². The number of halogens is 2. The summed E-state index contributed by atoms with van der Waals surface area (Å²) in [5.41, 5.74) is 0. The second kappa shape index (κ2) is 1.46. The lowest BCUT2D eigenvalue weighted by molar-refractivity contribution is -0.326. The van der Waals surface area contributed by atoms with Crippen LogP contribution in [-0.4, -0.2) is 6.29 Å². The van der Waals surface area contributed by atoms with Crippen molar-refractivity contribution in [2.45, 2.75) is 6.29 Å². The Labute approximate surface area is 50.4 Å². The van der Waals surface area contributed by atoms with E-state index >= 15 is 0 Å². The molecule has 4 heteroatoms. The van der Waals surface area contributed by atoms with Gasteiger partial charge in [-0.1, -0.05) is 13.2 Å². The molecule has 0 amide bonds. The lowest BCUT2D eigenvalue weighted by Crippen LogP contribution is -2.13. The molecule has 0 unspecified atom stereocenters. The summed E-state index contributed by atoms with van der Waals surface area (Å²) in [7, 11) is 0. The van der Waals surface area contributed by atoms with Crippen molar-refractivity contribution in [3.63, 3.8) is 0 Å². The quantitative estimate of drug-likeness (QED) is 0.501. The largest absolute Gasteiger partial charge is 0.586 e. The van der Waals surface area contributed by atoms with Gasteiger partial charge in [-0.05, 0) is 0 Å². The first-order valence-electron chi connectivity index (χ1n) is 2.15. The number of hydrogen-bond acceptors (Lipinski definition) is 2. The highest BCUT2D eigenvalue weighted by atomic mass is 19.3. The molecule has 1 rings (SSSR count). The molecule has 0 aromatic rings. The predicted octanol–water partition coefficient (Wildman–Crippen LogP) is 1.61. The van der Waals surface area contributed by atoms with Crippen LogP contribution >= 0.6 is 0 Å². The topological polar surface area (TPSA) is 18.5 Å². The molecule has 1 fully saturated rings. The highest BCUT2D eigenvalue weighted by molar-refractivity contribution is 5.15. The van der Waals surface area contributed by atoms with Crippen LogP contribution in [0, 0.1) is 0 Å². The fourth-order valence-corrected chi connectivity index (χ4v) is 0.422. The van der Waals surface area contributed by atoms with Crippen LogP contribution in [0.5, 0.6) is 0 Å². The molecule has 0 saturated carbocycles. The maximum atomic E-state index is 11.9. The third kappa shape index (κ3) is 1.01. The SMILES string of the molecule is C=C1OC(F)(F)OC1=C. The summed E-state index contributed by atoms with van der Waals surface area (Å²) in [4.78, 5) is 0. The highest BCUT2D eigenvalue weighted by Crippen LogP contribution is 2.34. The first-order chi connectivity index (χ1) is 4.01. The molecular weight excluding hydrogens is 130 g/mol. The second-order valence-corrected chi connectivity index (χ2v) is 1.51. The predicted molar refractivity (Wildman–Crippen MR) is 25.4 cm³/mol. The molecule has 9 heavy (non-hydrogen) atoms. The van der Waals surface area contributed by atoms with Gasteiger partial charge in [0.1, 0.15) is 0 Å². The van der Waals surface area contributed by atoms with Crippen LogP contribution in [0.4, 0.5) is 8.78 Å². The van der Waals surface area contributed by atoms with Gasteiger partial charge in [-0.15, -0.1) is 8.78 Å². The van der Waals surface area contributed by atoms with Crippen LogP contribution in [0.1, 0.15) is 0 Å². The normalized spacial score (nSPS) is 23.3. The lowest BCUT2D eigenvalue weighted by Gasteiger charge is -2.02. The maximum Gasteiger partial charge on any atom is 0.586 e. The van der Waals surface area contributed by atoms with Gasteiger partial charge < -0.3 is 9.47 Å². The standard InChI is InChI=1S/C5H4F2O2/c1-3-4(2)9-5(6,7)8-3/h1-2H2. The average Bonchev–Trinajstić information content (AvgIpc) is 1.79. The summed E-state index contributed by atoms with van der Waals surface area (Å²) in [5, 5.41) is 0. The van der Waals surface area contributed by atoms with E-state index in [4.69, 9.17) is 0 Å². The Kier molecular flexibility index (Phi) is 0.986. The van der Waals surface area contributed by atoms with E-state index in [1.54, 1.807) is 0 Å². The minimum Gasteiger partial charge on any atom is -0.396 e. The van der Waals surface area contributed by atoms with Crippen LogP contribution in [0.3, 0.4) is 0 Å². The summed E-state index contributed by atoms with van der Waals surface area (Å²) in [6.07, 6.45) is -3.56. The first kappa shape index (κ1) is 6.07. The average molecular weight is 134 g/mol. The zero-order valence-electron chi connectivity index (χ0n) is 4.49. The van der Waals surface area contributed by atoms with E-state index in [0.29, 0.717) is 0 Å². The Morgan fingerprint density at radius 3 is 1.56 bits per heavy atom. The number of ether oxygens (including phenoxy) is 2.